The van der Waals surface area contributed by atoms with Gasteiger partial charge in [0.25, 0.3) is 0 Å². The van der Waals surface area contributed by atoms with Gasteiger partial charge in [0.2, 0.25) is 0 Å². The van der Waals surface area contributed by atoms with Crippen molar-refractivity contribution in [3.63, 3.8) is 0 Å². The van der Waals surface area contributed by atoms with E-state index in [4.69, 9.17) is 9.47 Å². The predicted molar refractivity (Wildman–Crippen MR) is 121 cm³/mol. The number of fused-ring (bicyclic) bond motifs is 4. The fraction of sp³-hybridized carbons (Fsp3) is 0.320. The highest BCUT2D eigenvalue weighted by Crippen LogP contribution is 2.48. The average Bonchev–Trinajstić information content (AvgIpc) is 2.77. The fourth-order valence-electron chi connectivity index (χ4n) is 5.01. The van der Waals surface area contributed by atoms with Crippen molar-refractivity contribution < 1.29 is 14.3 Å². The van der Waals surface area contributed by atoms with E-state index in [1.807, 2.05) is 12.1 Å². The Hall–Kier alpha value is -2.53. The van der Waals surface area contributed by atoms with Crippen molar-refractivity contribution in [3.05, 3.63) is 74.9 Å². The summed E-state index contributed by atoms with van der Waals surface area (Å²) in [6.45, 7) is 0.881. The Balaban J connectivity index is 1.71. The van der Waals surface area contributed by atoms with E-state index in [9.17, 15) is 4.79 Å². The maximum Gasteiger partial charge on any atom is 0.161 e. The minimum absolute atomic E-state index is 0.0319. The first-order valence-electron chi connectivity index (χ1n) is 10.4. The van der Waals surface area contributed by atoms with E-state index in [-0.39, 0.29) is 11.7 Å². The summed E-state index contributed by atoms with van der Waals surface area (Å²) in [7, 11) is 3.35. The molecule has 3 aliphatic rings. The molecular formula is C25H24BrNO3. The molecule has 2 aliphatic heterocycles. The average molecular weight is 466 g/mol. The van der Waals surface area contributed by atoms with Crippen LogP contribution in [0.25, 0.3) is 5.70 Å². The van der Waals surface area contributed by atoms with Gasteiger partial charge in [0.1, 0.15) is 0 Å². The minimum Gasteiger partial charge on any atom is -0.493 e. The Morgan fingerprint density at radius 1 is 1.03 bits per heavy atom. The molecule has 5 heteroatoms. The van der Waals surface area contributed by atoms with Crippen LogP contribution in [0.4, 0.5) is 0 Å². The van der Waals surface area contributed by atoms with Gasteiger partial charge in [0.05, 0.1) is 14.2 Å². The van der Waals surface area contributed by atoms with Crippen LogP contribution in [0.2, 0.25) is 0 Å². The molecular weight excluding hydrogens is 442 g/mol. The summed E-state index contributed by atoms with van der Waals surface area (Å²) in [5.41, 5.74) is 6.93. The van der Waals surface area contributed by atoms with Crippen LogP contribution < -0.4 is 9.47 Å². The van der Waals surface area contributed by atoms with Crippen molar-refractivity contribution >= 4 is 27.4 Å². The molecule has 30 heavy (non-hydrogen) atoms. The molecule has 4 nitrogen and oxygen atoms in total. The summed E-state index contributed by atoms with van der Waals surface area (Å²) in [6.07, 6.45) is 5.70. The van der Waals surface area contributed by atoms with Gasteiger partial charge in [-0.3, -0.25) is 4.79 Å². The normalized spacial score (nSPS) is 20.2. The van der Waals surface area contributed by atoms with E-state index < -0.39 is 0 Å². The molecule has 0 spiro atoms. The van der Waals surface area contributed by atoms with Crippen LogP contribution >= 0.6 is 15.9 Å². The Bertz CT molecular complexity index is 1100. The molecule has 0 fully saturated rings. The second-order valence-electron chi connectivity index (χ2n) is 7.99. The molecule has 0 bridgehead atoms. The van der Waals surface area contributed by atoms with Gasteiger partial charge in [-0.15, -0.1) is 0 Å². The number of ether oxygens (including phenoxy) is 2. The quantitative estimate of drug-likeness (QED) is 0.602. The number of hydrogen-bond acceptors (Lipinski definition) is 4. The van der Waals surface area contributed by atoms with Gasteiger partial charge in [-0.05, 0) is 60.7 Å². The standard InChI is InChI=1S/C25H24BrNO3/c1-29-23-12-16-9-10-27-20-7-4-8-22(28)25(20)19(15-5-3-6-17(26)11-15)13-21(27)18(16)14-24(23)30-2/h3,5-6,11-14,19H,4,7-10H2,1-2H3/t19-/m0/s1. The maximum atomic E-state index is 13.0. The number of Topliss-reactive ketones (excluding diaryl/α,β-unsaturated/α-hetero) is 1. The van der Waals surface area contributed by atoms with Crippen LogP contribution in [0, 0.1) is 0 Å². The molecule has 0 saturated carbocycles. The van der Waals surface area contributed by atoms with E-state index in [2.05, 4.69) is 51.2 Å². The fourth-order valence-corrected chi connectivity index (χ4v) is 5.43. The lowest BCUT2D eigenvalue weighted by molar-refractivity contribution is -0.116. The Morgan fingerprint density at radius 2 is 1.83 bits per heavy atom. The smallest absolute Gasteiger partial charge is 0.161 e. The number of allylic oxidation sites excluding steroid dienone is 3. The number of nitrogens with zero attached hydrogens (tertiary/aromatic N) is 1. The third-order valence-electron chi connectivity index (χ3n) is 6.38. The van der Waals surface area contributed by atoms with Crippen LogP contribution in [-0.4, -0.2) is 31.4 Å². The van der Waals surface area contributed by atoms with Gasteiger partial charge in [-0.25, -0.2) is 0 Å². The van der Waals surface area contributed by atoms with Crippen molar-refractivity contribution in [2.24, 2.45) is 0 Å². The molecule has 0 aromatic heterocycles. The number of hydrogen-bond donors (Lipinski definition) is 0. The molecule has 0 saturated heterocycles. The molecule has 0 radical (unpaired) electrons. The minimum atomic E-state index is -0.0319. The molecule has 154 valence electrons. The first-order valence-corrected chi connectivity index (χ1v) is 11.2. The molecule has 1 atom stereocenters. The van der Waals surface area contributed by atoms with Gasteiger partial charge in [-0.1, -0.05) is 28.1 Å². The van der Waals surface area contributed by atoms with Gasteiger partial charge < -0.3 is 14.4 Å². The molecule has 2 aromatic rings. The number of benzene rings is 2. The van der Waals surface area contributed by atoms with Crippen molar-refractivity contribution in [2.75, 3.05) is 20.8 Å². The van der Waals surface area contributed by atoms with E-state index in [1.54, 1.807) is 14.2 Å². The number of rotatable bonds is 3. The van der Waals surface area contributed by atoms with E-state index in [1.165, 1.54) is 22.5 Å². The summed E-state index contributed by atoms with van der Waals surface area (Å²) in [4.78, 5) is 15.4. The number of halogens is 1. The molecule has 0 amide bonds. The SMILES string of the molecule is COc1cc2c(cc1OC)C1=C[C@@H](c3cccc(Br)c3)C3=C(CCCC3=O)N1CC2. The molecule has 0 unspecified atom stereocenters. The lowest BCUT2D eigenvalue weighted by atomic mass is 9.77. The molecule has 1 aliphatic carbocycles. The number of carbonyl (C=O) groups excluding carboxylic acids is 1. The van der Waals surface area contributed by atoms with Crippen LogP contribution in [0.5, 0.6) is 11.5 Å². The third kappa shape index (κ3) is 3.07. The maximum absolute atomic E-state index is 13.0. The lowest BCUT2D eigenvalue weighted by Crippen LogP contribution is -2.36. The van der Waals surface area contributed by atoms with E-state index in [0.29, 0.717) is 6.42 Å². The zero-order chi connectivity index (χ0) is 20.8. The highest BCUT2D eigenvalue weighted by Gasteiger charge is 2.38. The first-order chi connectivity index (χ1) is 14.6. The summed E-state index contributed by atoms with van der Waals surface area (Å²) >= 11 is 3.60. The Morgan fingerprint density at radius 3 is 2.60 bits per heavy atom. The van der Waals surface area contributed by atoms with Crippen molar-refractivity contribution in [2.45, 2.75) is 31.6 Å². The number of methoxy groups -OCH3 is 2. The van der Waals surface area contributed by atoms with Gasteiger partial charge in [0, 0.05) is 45.9 Å². The van der Waals surface area contributed by atoms with E-state index in [0.717, 1.165) is 52.9 Å². The summed E-state index contributed by atoms with van der Waals surface area (Å²) < 4.78 is 12.1. The topological polar surface area (TPSA) is 38.8 Å². The van der Waals surface area contributed by atoms with Gasteiger partial charge in [0.15, 0.2) is 17.3 Å². The Kier molecular flexibility index (Phi) is 4.94. The largest absolute Gasteiger partial charge is 0.493 e. The molecule has 5 rings (SSSR count). The molecule has 0 N–H and O–H groups in total. The Labute approximate surface area is 185 Å². The zero-order valence-corrected chi connectivity index (χ0v) is 18.8. The summed E-state index contributed by atoms with van der Waals surface area (Å²) in [5, 5.41) is 0. The van der Waals surface area contributed by atoms with Gasteiger partial charge >= 0.3 is 0 Å². The second-order valence-corrected chi connectivity index (χ2v) is 8.90. The number of ketones is 1. The van der Waals surface area contributed by atoms with Crippen molar-refractivity contribution in [1.29, 1.82) is 0 Å². The number of carbonyl (C=O) groups is 1. The second kappa shape index (κ2) is 7.62. The predicted octanol–water partition coefficient (Wildman–Crippen LogP) is 5.47. The van der Waals surface area contributed by atoms with Crippen molar-refractivity contribution in [3.8, 4) is 11.5 Å². The van der Waals surface area contributed by atoms with Crippen LogP contribution in [0.3, 0.4) is 0 Å². The summed E-state index contributed by atoms with van der Waals surface area (Å²) in [5.74, 6) is 1.75. The lowest BCUT2D eigenvalue weighted by Gasteiger charge is -2.43. The zero-order valence-electron chi connectivity index (χ0n) is 17.2. The first kappa shape index (κ1) is 19.4. The van der Waals surface area contributed by atoms with Crippen molar-refractivity contribution in [1.82, 2.24) is 4.90 Å². The van der Waals surface area contributed by atoms with Crippen LogP contribution in [-0.2, 0) is 11.2 Å². The molecule has 2 heterocycles. The summed E-state index contributed by atoms with van der Waals surface area (Å²) in [6, 6.07) is 12.5. The van der Waals surface area contributed by atoms with Crippen LogP contribution in [0.15, 0.2) is 58.2 Å². The van der Waals surface area contributed by atoms with Gasteiger partial charge in [-0.2, -0.15) is 0 Å². The third-order valence-corrected chi connectivity index (χ3v) is 6.87. The highest BCUT2D eigenvalue weighted by atomic mass is 79.9. The molecule has 2 aromatic carbocycles. The monoisotopic (exact) mass is 465 g/mol. The highest BCUT2D eigenvalue weighted by molar-refractivity contribution is 9.10. The van der Waals surface area contributed by atoms with E-state index >= 15 is 0 Å². The van der Waals surface area contributed by atoms with Crippen LogP contribution in [0.1, 0.15) is 41.9 Å².